The van der Waals surface area contributed by atoms with Crippen molar-refractivity contribution in [3.8, 4) is 34.1 Å². The van der Waals surface area contributed by atoms with Gasteiger partial charge in [-0.05, 0) is 53.9 Å². The summed E-state index contributed by atoms with van der Waals surface area (Å²) < 4.78 is 59.4. The number of halogens is 1. The van der Waals surface area contributed by atoms with Crippen LogP contribution in [0.3, 0.4) is 0 Å². The maximum Gasteiger partial charge on any atom is 0.243 e. The molecule has 1 heterocycles. The molecule has 0 saturated heterocycles. The van der Waals surface area contributed by atoms with Gasteiger partial charge in [0.1, 0.15) is 0 Å². The van der Waals surface area contributed by atoms with Crippen LogP contribution in [0.25, 0.3) is 11.1 Å². The first kappa shape index (κ1) is 22.9. The highest BCUT2D eigenvalue weighted by Gasteiger charge is 2.33. The summed E-state index contributed by atoms with van der Waals surface area (Å²) >= 11 is 0. The van der Waals surface area contributed by atoms with Crippen LogP contribution in [-0.2, 0) is 23.1 Å². The van der Waals surface area contributed by atoms with E-state index in [1.54, 1.807) is 30.3 Å². The van der Waals surface area contributed by atoms with Crippen LogP contribution in [0, 0.1) is 12.7 Å². The molecule has 0 saturated carbocycles. The molecule has 0 aromatic heterocycles. The highest BCUT2D eigenvalue weighted by molar-refractivity contribution is 7.89. The Morgan fingerprint density at radius 1 is 0.909 bits per heavy atom. The molecular formula is C24H24FNO6S. The van der Waals surface area contributed by atoms with E-state index in [1.165, 1.54) is 37.8 Å². The predicted octanol–water partition coefficient (Wildman–Crippen LogP) is 4.24. The molecule has 7 nitrogen and oxygen atoms in total. The largest absolute Gasteiger partial charge is 0.505 e. The number of sulfonamides is 1. The summed E-state index contributed by atoms with van der Waals surface area (Å²) in [7, 11) is 0.443. The molecule has 4 rings (SSSR count). The van der Waals surface area contributed by atoms with Crippen molar-refractivity contribution in [2.45, 2.75) is 24.9 Å². The summed E-state index contributed by atoms with van der Waals surface area (Å²) in [5.74, 6) is -0.458. The van der Waals surface area contributed by atoms with E-state index in [0.717, 1.165) is 5.56 Å². The van der Waals surface area contributed by atoms with E-state index in [-0.39, 0.29) is 23.7 Å². The van der Waals surface area contributed by atoms with Crippen LogP contribution < -0.4 is 14.2 Å². The van der Waals surface area contributed by atoms with E-state index in [4.69, 9.17) is 14.2 Å². The summed E-state index contributed by atoms with van der Waals surface area (Å²) in [6, 6.07) is 10.6. The number of ether oxygens (including phenoxy) is 3. The van der Waals surface area contributed by atoms with Gasteiger partial charge in [0.05, 0.1) is 26.2 Å². The van der Waals surface area contributed by atoms with Crippen molar-refractivity contribution in [1.29, 1.82) is 0 Å². The van der Waals surface area contributed by atoms with Crippen LogP contribution >= 0.6 is 0 Å². The highest BCUT2D eigenvalue weighted by Crippen LogP contribution is 2.50. The Balaban J connectivity index is 2.00. The van der Waals surface area contributed by atoms with Crippen molar-refractivity contribution in [2.75, 3.05) is 21.3 Å². The van der Waals surface area contributed by atoms with Gasteiger partial charge < -0.3 is 19.3 Å². The Bertz CT molecular complexity index is 1320. The number of phenols is 1. The zero-order chi connectivity index (χ0) is 23.9. The van der Waals surface area contributed by atoms with E-state index in [9.17, 15) is 17.9 Å². The van der Waals surface area contributed by atoms with Crippen LogP contribution in [0.5, 0.6) is 23.0 Å². The number of fused-ring (bicyclic) bond motifs is 3. The molecular weight excluding hydrogens is 449 g/mol. The number of phenolic OH excluding ortho intramolecular Hbond substituents is 1. The number of methoxy groups -OCH3 is 3. The smallest absolute Gasteiger partial charge is 0.243 e. The number of aromatic hydroxyl groups is 1. The molecule has 0 aliphatic carbocycles. The van der Waals surface area contributed by atoms with Crippen molar-refractivity contribution >= 4 is 10.0 Å². The van der Waals surface area contributed by atoms with Gasteiger partial charge in [0.2, 0.25) is 15.8 Å². The number of hydrogen-bond acceptors (Lipinski definition) is 6. The zero-order valence-corrected chi connectivity index (χ0v) is 19.5. The number of aryl methyl sites for hydroxylation is 1. The lowest BCUT2D eigenvalue weighted by atomic mass is 9.94. The molecule has 1 aliphatic heterocycles. The van der Waals surface area contributed by atoms with Crippen molar-refractivity contribution in [3.63, 3.8) is 0 Å². The lowest BCUT2D eigenvalue weighted by Gasteiger charge is -2.22. The fourth-order valence-electron chi connectivity index (χ4n) is 4.06. The molecule has 3 aromatic rings. The summed E-state index contributed by atoms with van der Waals surface area (Å²) in [5, 5.41) is 10.0. The third kappa shape index (κ3) is 3.87. The average molecular weight is 474 g/mol. The summed E-state index contributed by atoms with van der Waals surface area (Å²) in [6.45, 7) is 1.76. The van der Waals surface area contributed by atoms with Crippen molar-refractivity contribution in [3.05, 3.63) is 65.0 Å². The number of benzene rings is 3. The molecule has 33 heavy (non-hydrogen) atoms. The molecule has 0 radical (unpaired) electrons. The first-order chi connectivity index (χ1) is 15.7. The standard InChI is InChI=1S/C24H24FNO6S/c1-14-5-7-17(8-6-14)33(28,29)26-12-15-9-20(27)19(25)11-18(15)22-16(13-26)10-21(30-2)23(31-3)24(22)32-4/h5-11,27H,12-13H2,1-4H3. The first-order valence-electron chi connectivity index (χ1n) is 10.1. The van der Waals surface area contributed by atoms with Gasteiger partial charge in [-0.15, -0.1) is 0 Å². The molecule has 0 spiro atoms. The molecule has 1 aliphatic rings. The lowest BCUT2D eigenvalue weighted by molar-refractivity contribution is 0.324. The summed E-state index contributed by atoms with van der Waals surface area (Å²) in [5.41, 5.74) is 2.78. The van der Waals surface area contributed by atoms with Crippen molar-refractivity contribution in [1.82, 2.24) is 4.31 Å². The Labute approximate surface area is 192 Å². The fourth-order valence-corrected chi connectivity index (χ4v) is 5.46. The van der Waals surface area contributed by atoms with Gasteiger partial charge in [-0.1, -0.05) is 17.7 Å². The second-order valence-corrected chi connectivity index (χ2v) is 9.66. The fraction of sp³-hybridized carbons (Fsp3) is 0.250. The Hall–Kier alpha value is -3.30. The minimum Gasteiger partial charge on any atom is -0.505 e. The van der Waals surface area contributed by atoms with Crippen LogP contribution in [0.4, 0.5) is 4.39 Å². The number of nitrogens with zero attached hydrogens (tertiary/aromatic N) is 1. The second-order valence-electron chi connectivity index (χ2n) is 7.73. The predicted molar refractivity (Wildman–Crippen MR) is 121 cm³/mol. The topological polar surface area (TPSA) is 85.3 Å². The molecule has 0 unspecified atom stereocenters. The summed E-state index contributed by atoms with van der Waals surface area (Å²) in [4.78, 5) is 0.136. The zero-order valence-electron chi connectivity index (χ0n) is 18.7. The first-order valence-corrected chi connectivity index (χ1v) is 11.6. The third-order valence-corrected chi connectivity index (χ3v) is 7.51. The van der Waals surface area contributed by atoms with Crippen LogP contribution in [0.2, 0.25) is 0 Å². The molecule has 1 N–H and O–H groups in total. The highest BCUT2D eigenvalue weighted by atomic mass is 32.2. The van der Waals surface area contributed by atoms with Gasteiger partial charge in [-0.25, -0.2) is 12.8 Å². The monoisotopic (exact) mass is 473 g/mol. The minimum atomic E-state index is -3.92. The molecule has 0 bridgehead atoms. The molecule has 9 heteroatoms. The average Bonchev–Trinajstić information content (AvgIpc) is 2.95. The lowest BCUT2D eigenvalue weighted by Crippen LogP contribution is -2.29. The van der Waals surface area contributed by atoms with Crippen LogP contribution in [-0.4, -0.2) is 39.2 Å². The van der Waals surface area contributed by atoms with Gasteiger partial charge in [0.25, 0.3) is 0 Å². The normalized spacial score (nSPS) is 13.6. The van der Waals surface area contributed by atoms with Crippen LogP contribution in [0.15, 0.2) is 47.4 Å². The maximum atomic E-state index is 14.5. The van der Waals surface area contributed by atoms with Crippen molar-refractivity contribution in [2.24, 2.45) is 0 Å². The van der Waals surface area contributed by atoms with Gasteiger partial charge in [0.15, 0.2) is 23.1 Å². The number of hydrogen-bond donors (Lipinski definition) is 1. The van der Waals surface area contributed by atoms with Gasteiger partial charge in [-0.2, -0.15) is 4.31 Å². The van der Waals surface area contributed by atoms with Gasteiger partial charge >= 0.3 is 0 Å². The molecule has 174 valence electrons. The summed E-state index contributed by atoms with van der Waals surface area (Å²) in [6.07, 6.45) is 0. The van der Waals surface area contributed by atoms with E-state index in [0.29, 0.717) is 33.8 Å². The van der Waals surface area contributed by atoms with E-state index >= 15 is 0 Å². The van der Waals surface area contributed by atoms with Gasteiger partial charge in [0, 0.05) is 18.7 Å². The second kappa shape index (κ2) is 8.57. The van der Waals surface area contributed by atoms with Gasteiger partial charge in [-0.3, -0.25) is 0 Å². The Morgan fingerprint density at radius 3 is 2.15 bits per heavy atom. The molecule has 0 fully saturated rings. The molecule has 3 aromatic carbocycles. The minimum absolute atomic E-state index is 0.0285. The molecule has 0 amide bonds. The van der Waals surface area contributed by atoms with E-state index in [2.05, 4.69) is 0 Å². The van der Waals surface area contributed by atoms with Crippen LogP contribution in [0.1, 0.15) is 16.7 Å². The number of rotatable bonds is 5. The maximum absolute atomic E-state index is 14.5. The molecule has 0 atom stereocenters. The SMILES string of the molecule is COc1cc2c(c(OC)c1OC)-c1cc(F)c(O)cc1CN(S(=O)(=O)c1ccc(C)cc1)C2. The Morgan fingerprint density at radius 2 is 1.55 bits per heavy atom. The Kier molecular flexibility index (Phi) is 5.94. The quantitative estimate of drug-likeness (QED) is 0.597. The third-order valence-electron chi connectivity index (χ3n) is 5.71. The van der Waals surface area contributed by atoms with E-state index in [1.807, 2.05) is 6.92 Å². The van der Waals surface area contributed by atoms with E-state index < -0.39 is 21.6 Å². The van der Waals surface area contributed by atoms with Crippen molar-refractivity contribution < 1.29 is 32.1 Å².